The van der Waals surface area contributed by atoms with Crippen molar-refractivity contribution >= 4 is 48.2 Å². The van der Waals surface area contributed by atoms with Crippen LogP contribution in [0.2, 0.25) is 0 Å². The Kier molecular flexibility index (Phi) is 4.47. The zero-order valence-electron chi connectivity index (χ0n) is 20.0. The third-order valence-corrected chi connectivity index (χ3v) is 8.54. The van der Waals surface area contributed by atoms with E-state index >= 15 is 0 Å². The molecule has 0 radical (unpaired) electrons. The van der Waals surface area contributed by atoms with Crippen molar-refractivity contribution in [3.05, 3.63) is 132 Å². The van der Waals surface area contributed by atoms with Crippen LogP contribution in [-0.2, 0) is 0 Å². The van der Waals surface area contributed by atoms with Crippen LogP contribution in [0.4, 0.5) is 0 Å². The molecular formula is C36H21Br. The zero-order chi connectivity index (χ0) is 24.5. The molecule has 0 aromatic heterocycles. The topological polar surface area (TPSA) is 0 Å². The number of benzene rings is 7. The van der Waals surface area contributed by atoms with Crippen molar-refractivity contribution < 1.29 is 0 Å². The summed E-state index contributed by atoms with van der Waals surface area (Å²) in [4.78, 5) is 0. The maximum Gasteiger partial charge on any atom is 0.0254 e. The van der Waals surface area contributed by atoms with Crippen LogP contribution in [0.25, 0.3) is 76.8 Å². The summed E-state index contributed by atoms with van der Waals surface area (Å²) in [6.07, 6.45) is 0. The molecule has 1 aliphatic rings. The van der Waals surface area contributed by atoms with Gasteiger partial charge in [0.1, 0.15) is 0 Å². The summed E-state index contributed by atoms with van der Waals surface area (Å²) in [5.74, 6) is 0. The van der Waals surface area contributed by atoms with Gasteiger partial charge in [-0.1, -0.05) is 137 Å². The van der Waals surface area contributed by atoms with E-state index in [9.17, 15) is 0 Å². The van der Waals surface area contributed by atoms with E-state index in [0.717, 1.165) is 4.47 Å². The Labute approximate surface area is 224 Å². The third-order valence-electron chi connectivity index (χ3n) is 7.85. The summed E-state index contributed by atoms with van der Waals surface area (Å²) in [7, 11) is 0. The highest BCUT2D eigenvalue weighted by Gasteiger charge is 2.31. The summed E-state index contributed by atoms with van der Waals surface area (Å²) >= 11 is 3.84. The lowest BCUT2D eigenvalue weighted by atomic mass is 9.81. The summed E-state index contributed by atoms with van der Waals surface area (Å²) in [6, 6.07) is 46.5. The molecule has 7 aromatic rings. The molecule has 172 valence electrons. The smallest absolute Gasteiger partial charge is 0.0254 e. The van der Waals surface area contributed by atoms with E-state index in [4.69, 9.17) is 0 Å². The van der Waals surface area contributed by atoms with Crippen molar-refractivity contribution in [2.45, 2.75) is 0 Å². The second kappa shape index (κ2) is 7.90. The lowest BCUT2D eigenvalue weighted by molar-refractivity contribution is 1.63. The number of hydrogen-bond donors (Lipinski definition) is 0. The molecule has 0 saturated heterocycles. The maximum absolute atomic E-state index is 3.84. The molecule has 0 fully saturated rings. The Hall–Kier alpha value is -4.20. The van der Waals surface area contributed by atoms with Gasteiger partial charge in [0.15, 0.2) is 0 Å². The van der Waals surface area contributed by atoms with E-state index in [1.165, 1.54) is 76.8 Å². The minimum atomic E-state index is 1.14. The van der Waals surface area contributed by atoms with Crippen LogP contribution >= 0.6 is 15.9 Å². The van der Waals surface area contributed by atoms with E-state index in [1.54, 1.807) is 0 Å². The standard InChI is InChI=1S/C36H21Br/c37-30-21-20-29-33-26(30)16-9-17-27(33)35-31(23-11-3-1-4-12-23)28-19-18-22-10-7-8-15-25(22)34(28)32(36(29)35)24-13-5-2-6-14-24/h1-21H. The van der Waals surface area contributed by atoms with Crippen LogP contribution in [0, 0.1) is 0 Å². The van der Waals surface area contributed by atoms with Crippen molar-refractivity contribution in [1.29, 1.82) is 0 Å². The average Bonchev–Trinajstić information content (AvgIpc) is 3.29. The van der Waals surface area contributed by atoms with Crippen molar-refractivity contribution in [3.8, 4) is 44.5 Å². The van der Waals surface area contributed by atoms with Crippen molar-refractivity contribution in [1.82, 2.24) is 0 Å². The summed E-state index contributed by atoms with van der Waals surface area (Å²) in [5, 5.41) is 7.78. The zero-order valence-corrected chi connectivity index (χ0v) is 21.6. The first kappa shape index (κ1) is 20.9. The lowest BCUT2D eigenvalue weighted by Crippen LogP contribution is -1.94. The molecule has 0 spiro atoms. The first-order valence-corrected chi connectivity index (χ1v) is 13.4. The minimum Gasteiger partial charge on any atom is -0.0622 e. The van der Waals surface area contributed by atoms with Crippen LogP contribution in [-0.4, -0.2) is 0 Å². The third kappa shape index (κ3) is 2.89. The largest absolute Gasteiger partial charge is 0.0622 e. The molecule has 0 unspecified atom stereocenters. The molecular weight excluding hydrogens is 512 g/mol. The minimum absolute atomic E-state index is 1.14. The quantitative estimate of drug-likeness (QED) is 0.194. The van der Waals surface area contributed by atoms with Gasteiger partial charge in [0, 0.05) is 4.47 Å². The van der Waals surface area contributed by atoms with Crippen molar-refractivity contribution in [2.24, 2.45) is 0 Å². The molecule has 1 aliphatic carbocycles. The van der Waals surface area contributed by atoms with Crippen LogP contribution in [0.5, 0.6) is 0 Å². The molecule has 8 rings (SSSR count). The molecule has 0 atom stereocenters. The molecule has 0 saturated carbocycles. The van der Waals surface area contributed by atoms with Crippen LogP contribution < -0.4 is 0 Å². The van der Waals surface area contributed by atoms with E-state index in [0.29, 0.717) is 0 Å². The highest BCUT2D eigenvalue weighted by atomic mass is 79.9. The number of hydrogen-bond acceptors (Lipinski definition) is 0. The summed E-state index contributed by atoms with van der Waals surface area (Å²) in [5.41, 5.74) is 10.5. The number of fused-ring (bicyclic) bond motifs is 6. The molecule has 0 heterocycles. The van der Waals surface area contributed by atoms with Crippen molar-refractivity contribution in [2.75, 3.05) is 0 Å². The Morgan fingerprint density at radius 2 is 0.973 bits per heavy atom. The average molecular weight is 533 g/mol. The first-order valence-electron chi connectivity index (χ1n) is 12.7. The summed E-state index contributed by atoms with van der Waals surface area (Å²) in [6.45, 7) is 0. The fourth-order valence-corrected chi connectivity index (χ4v) is 6.85. The fourth-order valence-electron chi connectivity index (χ4n) is 6.38. The van der Waals surface area contributed by atoms with Gasteiger partial charge < -0.3 is 0 Å². The Morgan fingerprint density at radius 3 is 1.76 bits per heavy atom. The monoisotopic (exact) mass is 532 g/mol. The van der Waals surface area contributed by atoms with Gasteiger partial charge in [-0.05, 0) is 82.9 Å². The van der Waals surface area contributed by atoms with Gasteiger partial charge in [0.25, 0.3) is 0 Å². The lowest BCUT2D eigenvalue weighted by Gasteiger charge is -2.21. The number of rotatable bonds is 2. The van der Waals surface area contributed by atoms with Crippen molar-refractivity contribution in [3.63, 3.8) is 0 Å². The second-order valence-corrected chi connectivity index (χ2v) is 10.6. The van der Waals surface area contributed by atoms with E-state index < -0.39 is 0 Å². The highest BCUT2D eigenvalue weighted by molar-refractivity contribution is 9.10. The number of halogens is 1. The van der Waals surface area contributed by atoms with Gasteiger partial charge in [0.2, 0.25) is 0 Å². The molecule has 1 heteroatoms. The van der Waals surface area contributed by atoms with E-state index in [2.05, 4.69) is 143 Å². The molecule has 0 amide bonds. The maximum atomic E-state index is 3.84. The predicted molar refractivity (Wildman–Crippen MR) is 162 cm³/mol. The molecule has 0 nitrogen and oxygen atoms in total. The summed E-state index contributed by atoms with van der Waals surface area (Å²) < 4.78 is 1.14. The Balaban J connectivity index is 1.71. The molecule has 7 aromatic carbocycles. The van der Waals surface area contributed by atoms with Gasteiger partial charge in [-0.25, -0.2) is 0 Å². The van der Waals surface area contributed by atoms with Gasteiger partial charge in [-0.15, -0.1) is 0 Å². The SMILES string of the molecule is Brc1ccc2c3c(cccc13)-c1c-2c(-c2ccccc2)c2c(ccc3ccccc32)c1-c1ccccc1. The van der Waals surface area contributed by atoms with Gasteiger partial charge in [-0.2, -0.15) is 0 Å². The van der Waals surface area contributed by atoms with E-state index in [1.807, 2.05) is 0 Å². The molecule has 37 heavy (non-hydrogen) atoms. The molecule has 0 N–H and O–H groups in total. The van der Waals surface area contributed by atoms with Gasteiger partial charge >= 0.3 is 0 Å². The van der Waals surface area contributed by atoms with Crippen LogP contribution in [0.15, 0.2) is 132 Å². The predicted octanol–water partition coefficient (Wildman–Crippen LogP) is 10.9. The van der Waals surface area contributed by atoms with Gasteiger partial charge in [-0.3, -0.25) is 0 Å². The van der Waals surface area contributed by atoms with Gasteiger partial charge in [0.05, 0.1) is 0 Å². The van der Waals surface area contributed by atoms with Crippen LogP contribution in [0.1, 0.15) is 0 Å². The first-order chi connectivity index (χ1) is 18.3. The van der Waals surface area contributed by atoms with E-state index in [-0.39, 0.29) is 0 Å². The van der Waals surface area contributed by atoms with Crippen LogP contribution in [0.3, 0.4) is 0 Å². The molecule has 0 aliphatic heterocycles. The molecule has 0 bridgehead atoms. The second-order valence-electron chi connectivity index (χ2n) is 9.76. The Morgan fingerprint density at radius 1 is 0.351 bits per heavy atom. The normalized spacial score (nSPS) is 11.9. The Bertz CT molecular complexity index is 2020. The fraction of sp³-hybridized carbons (Fsp3) is 0. The highest BCUT2D eigenvalue weighted by Crippen LogP contribution is 2.58.